The number of aromatic amines is 1. The molecule has 1 saturated carbocycles. The van der Waals surface area contributed by atoms with E-state index in [2.05, 4.69) is 32.7 Å². The monoisotopic (exact) mass is 420 g/mol. The Morgan fingerprint density at radius 1 is 1.06 bits per heavy atom. The van der Waals surface area contributed by atoms with Crippen molar-refractivity contribution in [2.45, 2.75) is 44.9 Å². The normalized spacial score (nSPS) is 15.5. The predicted octanol–water partition coefficient (Wildman–Crippen LogP) is 4.70. The van der Waals surface area contributed by atoms with Crippen molar-refractivity contribution in [2.75, 3.05) is 11.9 Å². The first kappa shape index (κ1) is 20.9. The summed E-state index contributed by atoms with van der Waals surface area (Å²) in [6.07, 6.45) is 4.91. The molecule has 0 atom stereocenters. The molecule has 4 N–H and O–H groups in total. The molecule has 1 aliphatic rings. The minimum Gasteiger partial charge on any atom is -0.465 e. The molecule has 31 heavy (non-hydrogen) atoms. The summed E-state index contributed by atoms with van der Waals surface area (Å²) in [6.45, 7) is 0.318. The first-order valence-corrected chi connectivity index (χ1v) is 10.8. The molecule has 2 aromatic carbocycles. The summed E-state index contributed by atoms with van der Waals surface area (Å²) in [7, 11) is 0. The molecule has 0 unspecified atom stereocenters. The number of hydrogen-bond acceptors (Lipinski definition) is 3. The highest BCUT2D eigenvalue weighted by atomic mass is 16.4. The number of H-pyrrole nitrogens is 1. The number of carboxylic acid groups (broad SMARTS) is 1. The van der Waals surface area contributed by atoms with Crippen LogP contribution in [0.2, 0.25) is 0 Å². The number of nitrogens with one attached hydrogen (secondary N) is 3. The van der Waals surface area contributed by atoms with Gasteiger partial charge in [-0.05, 0) is 42.0 Å². The van der Waals surface area contributed by atoms with Crippen molar-refractivity contribution < 1.29 is 14.7 Å². The zero-order valence-electron chi connectivity index (χ0n) is 17.5. The molecule has 0 aliphatic heterocycles. The molecule has 162 valence electrons. The number of aromatic nitrogens is 2. The minimum atomic E-state index is -1.04. The topological polar surface area (TPSA) is 107 Å². The lowest BCUT2D eigenvalue weighted by molar-refractivity contribution is -0.119. The number of carbonyl (C=O) groups excluding carboxylic acids is 1. The third-order valence-corrected chi connectivity index (χ3v) is 6.09. The van der Waals surface area contributed by atoms with Gasteiger partial charge in [0.25, 0.3) is 0 Å². The Kier molecular flexibility index (Phi) is 6.21. The standard InChI is InChI=1S/C24H28N4O3/c29-22(15-24(16-25-23(30)31)11-5-2-6-12-24)26-18-9-10-19-20(14-18)28-21(27-19)13-17-7-3-1-4-8-17/h1,3-4,7-10,14,25H,2,5-6,11-13,15-16H2,(H,26,29)(H,27,28)(H,30,31). The van der Waals surface area contributed by atoms with Crippen molar-refractivity contribution in [1.82, 2.24) is 15.3 Å². The zero-order valence-corrected chi connectivity index (χ0v) is 17.5. The number of rotatable bonds is 7. The molecule has 3 aromatic rings. The summed E-state index contributed by atoms with van der Waals surface area (Å²) in [5.41, 5.74) is 3.33. The van der Waals surface area contributed by atoms with Gasteiger partial charge < -0.3 is 20.7 Å². The molecule has 0 saturated heterocycles. The van der Waals surface area contributed by atoms with Crippen LogP contribution in [0.4, 0.5) is 10.5 Å². The van der Waals surface area contributed by atoms with Crippen molar-refractivity contribution in [1.29, 1.82) is 0 Å². The molecule has 1 heterocycles. The van der Waals surface area contributed by atoms with Crippen molar-refractivity contribution in [3.05, 3.63) is 59.9 Å². The van der Waals surface area contributed by atoms with Crippen molar-refractivity contribution >= 4 is 28.7 Å². The van der Waals surface area contributed by atoms with Crippen LogP contribution in [0.3, 0.4) is 0 Å². The van der Waals surface area contributed by atoms with Gasteiger partial charge in [0.15, 0.2) is 0 Å². The maximum atomic E-state index is 12.8. The highest BCUT2D eigenvalue weighted by molar-refractivity contribution is 5.93. The zero-order chi connectivity index (χ0) is 21.7. The van der Waals surface area contributed by atoms with Gasteiger partial charge in [0.05, 0.1) is 11.0 Å². The molecular formula is C24H28N4O3. The molecule has 0 radical (unpaired) electrons. The second-order valence-corrected chi connectivity index (χ2v) is 8.52. The lowest BCUT2D eigenvalue weighted by Gasteiger charge is -2.36. The van der Waals surface area contributed by atoms with Crippen LogP contribution in [0, 0.1) is 5.41 Å². The number of amides is 2. The van der Waals surface area contributed by atoms with E-state index in [-0.39, 0.29) is 11.3 Å². The van der Waals surface area contributed by atoms with Gasteiger partial charge in [0.1, 0.15) is 5.82 Å². The second kappa shape index (κ2) is 9.20. The highest BCUT2D eigenvalue weighted by Crippen LogP contribution is 2.39. The van der Waals surface area contributed by atoms with E-state index in [1.54, 1.807) is 0 Å². The van der Waals surface area contributed by atoms with E-state index in [0.717, 1.165) is 55.4 Å². The third-order valence-electron chi connectivity index (χ3n) is 6.09. The smallest absolute Gasteiger partial charge is 0.404 e. The maximum Gasteiger partial charge on any atom is 0.404 e. The van der Waals surface area contributed by atoms with Gasteiger partial charge in [0.2, 0.25) is 5.91 Å². The van der Waals surface area contributed by atoms with Gasteiger partial charge in [0, 0.05) is 25.1 Å². The van der Waals surface area contributed by atoms with Crippen LogP contribution in [-0.2, 0) is 11.2 Å². The van der Waals surface area contributed by atoms with Crippen LogP contribution >= 0.6 is 0 Å². The summed E-state index contributed by atoms with van der Waals surface area (Å²) in [5.74, 6) is 0.794. The van der Waals surface area contributed by atoms with E-state index in [9.17, 15) is 9.59 Å². The Morgan fingerprint density at radius 2 is 1.84 bits per heavy atom. The number of carbonyl (C=O) groups is 2. The molecule has 7 heteroatoms. The molecule has 1 aromatic heterocycles. The Morgan fingerprint density at radius 3 is 2.58 bits per heavy atom. The second-order valence-electron chi connectivity index (χ2n) is 8.52. The molecule has 7 nitrogen and oxygen atoms in total. The molecular weight excluding hydrogens is 392 g/mol. The van der Waals surface area contributed by atoms with E-state index < -0.39 is 6.09 Å². The fraction of sp³-hybridized carbons (Fsp3) is 0.375. The van der Waals surface area contributed by atoms with Gasteiger partial charge in [-0.1, -0.05) is 49.6 Å². The lowest BCUT2D eigenvalue weighted by Crippen LogP contribution is -2.40. The summed E-state index contributed by atoms with van der Waals surface area (Å²) in [4.78, 5) is 31.8. The molecule has 0 bridgehead atoms. The Labute approximate surface area is 181 Å². The molecule has 2 amide bonds. The summed E-state index contributed by atoms with van der Waals surface area (Å²) < 4.78 is 0. The number of imidazole rings is 1. The van der Waals surface area contributed by atoms with E-state index in [4.69, 9.17) is 5.11 Å². The molecule has 0 spiro atoms. The van der Waals surface area contributed by atoms with E-state index in [1.807, 2.05) is 36.4 Å². The summed E-state index contributed by atoms with van der Waals surface area (Å²) >= 11 is 0. The van der Waals surface area contributed by atoms with Crippen LogP contribution in [0.1, 0.15) is 49.9 Å². The van der Waals surface area contributed by atoms with E-state index in [1.165, 1.54) is 5.56 Å². The van der Waals surface area contributed by atoms with Crippen LogP contribution in [0.5, 0.6) is 0 Å². The number of benzene rings is 2. The highest BCUT2D eigenvalue weighted by Gasteiger charge is 2.34. The third kappa shape index (κ3) is 5.42. The van der Waals surface area contributed by atoms with Crippen LogP contribution in [0.25, 0.3) is 11.0 Å². The lowest BCUT2D eigenvalue weighted by atomic mass is 9.71. The first-order chi connectivity index (χ1) is 15.0. The predicted molar refractivity (Wildman–Crippen MR) is 120 cm³/mol. The minimum absolute atomic E-state index is 0.0857. The fourth-order valence-corrected chi connectivity index (χ4v) is 4.54. The number of nitrogens with zero attached hydrogens (tertiary/aromatic N) is 1. The largest absolute Gasteiger partial charge is 0.465 e. The van der Waals surface area contributed by atoms with Crippen LogP contribution < -0.4 is 10.6 Å². The average Bonchev–Trinajstić information content (AvgIpc) is 3.15. The molecule has 1 aliphatic carbocycles. The Bertz CT molecular complexity index is 1060. The van der Waals surface area contributed by atoms with Gasteiger partial charge in [-0.3, -0.25) is 4.79 Å². The van der Waals surface area contributed by atoms with Crippen molar-refractivity contribution in [2.24, 2.45) is 5.41 Å². The maximum absolute atomic E-state index is 12.8. The van der Waals surface area contributed by atoms with Crippen molar-refractivity contribution in [3.63, 3.8) is 0 Å². The van der Waals surface area contributed by atoms with Crippen LogP contribution in [0.15, 0.2) is 48.5 Å². The number of fused-ring (bicyclic) bond motifs is 1. The van der Waals surface area contributed by atoms with Gasteiger partial charge >= 0.3 is 6.09 Å². The van der Waals surface area contributed by atoms with Gasteiger partial charge in [-0.15, -0.1) is 0 Å². The van der Waals surface area contributed by atoms with E-state index in [0.29, 0.717) is 18.7 Å². The SMILES string of the molecule is O=C(O)NCC1(CC(=O)Nc2ccc3nc(Cc4ccccc4)[nH]c3c2)CCCCC1. The Hall–Kier alpha value is -3.35. The summed E-state index contributed by atoms with van der Waals surface area (Å²) in [6, 6.07) is 15.8. The van der Waals surface area contributed by atoms with Crippen molar-refractivity contribution in [3.8, 4) is 0 Å². The number of anilines is 1. The fourth-order valence-electron chi connectivity index (χ4n) is 4.54. The van der Waals surface area contributed by atoms with Crippen LogP contribution in [-0.4, -0.2) is 33.6 Å². The first-order valence-electron chi connectivity index (χ1n) is 10.8. The molecule has 4 rings (SSSR count). The van der Waals surface area contributed by atoms with Gasteiger partial charge in [-0.25, -0.2) is 9.78 Å². The van der Waals surface area contributed by atoms with E-state index >= 15 is 0 Å². The number of hydrogen-bond donors (Lipinski definition) is 4. The Balaban J connectivity index is 1.43. The average molecular weight is 421 g/mol. The quantitative estimate of drug-likeness (QED) is 0.444. The summed E-state index contributed by atoms with van der Waals surface area (Å²) in [5, 5.41) is 14.5. The van der Waals surface area contributed by atoms with Gasteiger partial charge in [-0.2, -0.15) is 0 Å². The molecule has 1 fully saturated rings.